The molecule has 2 rings (SSSR count). The smallest absolute Gasteiger partial charge is 0.324 e. The highest BCUT2D eigenvalue weighted by molar-refractivity contribution is 5.79. The summed E-state index contributed by atoms with van der Waals surface area (Å²) >= 11 is 0. The van der Waals surface area contributed by atoms with Crippen molar-refractivity contribution >= 4 is 5.97 Å². The number of aliphatic carboxylic acids is 1. The molecule has 1 aromatic rings. The van der Waals surface area contributed by atoms with Crippen LogP contribution in [0.1, 0.15) is 18.4 Å². The van der Waals surface area contributed by atoms with Gasteiger partial charge >= 0.3 is 5.97 Å². The number of hydrogen-bond donors (Lipinski definition) is 2. The van der Waals surface area contributed by atoms with Gasteiger partial charge in [-0.1, -0.05) is 6.07 Å². The van der Waals surface area contributed by atoms with Crippen molar-refractivity contribution in [1.82, 2.24) is 5.32 Å². The third kappa shape index (κ3) is 2.31. The highest BCUT2D eigenvalue weighted by Crippen LogP contribution is 2.26. The maximum Gasteiger partial charge on any atom is 0.324 e. The van der Waals surface area contributed by atoms with E-state index in [0.717, 1.165) is 6.42 Å². The van der Waals surface area contributed by atoms with Gasteiger partial charge in [0.05, 0.1) is 7.11 Å². The van der Waals surface area contributed by atoms with Gasteiger partial charge in [-0.25, -0.2) is 4.39 Å². The number of benzene rings is 1. The van der Waals surface area contributed by atoms with E-state index in [9.17, 15) is 14.3 Å². The summed E-state index contributed by atoms with van der Waals surface area (Å²) in [5, 5.41) is 12.3. The van der Waals surface area contributed by atoms with Crippen molar-refractivity contribution in [2.75, 3.05) is 13.7 Å². The van der Waals surface area contributed by atoms with E-state index in [-0.39, 0.29) is 12.2 Å². The molecule has 1 atom stereocenters. The van der Waals surface area contributed by atoms with Crippen molar-refractivity contribution < 1.29 is 19.0 Å². The topological polar surface area (TPSA) is 58.6 Å². The fraction of sp³-hybridized carbons (Fsp3) is 0.462. The summed E-state index contributed by atoms with van der Waals surface area (Å²) in [5.41, 5.74) is -0.300. The van der Waals surface area contributed by atoms with E-state index in [1.165, 1.54) is 19.2 Å². The van der Waals surface area contributed by atoms with E-state index in [2.05, 4.69) is 5.32 Å². The lowest BCUT2D eigenvalue weighted by Crippen LogP contribution is -2.49. The second-order valence-corrected chi connectivity index (χ2v) is 4.56. The van der Waals surface area contributed by atoms with Gasteiger partial charge in [0.2, 0.25) is 0 Å². The van der Waals surface area contributed by atoms with Gasteiger partial charge in [0.25, 0.3) is 0 Å². The minimum atomic E-state index is -0.957. The van der Waals surface area contributed by atoms with E-state index in [0.29, 0.717) is 18.5 Å². The van der Waals surface area contributed by atoms with Crippen molar-refractivity contribution in [3.63, 3.8) is 0 Å². The van der Waals surface area contributed by atoms with E-state index >= 15 is 0 Å². The molecule has 2 N–H and O–H groups in total. The Balaban J connectivity index is 2.22. The number of rotatable bonds is 4. The first-order valence-electron chi connectivity index (χ1n) is 5.88. The highest BCUT2D eigenvalue weighted by atomic mass is 19.1. The molecule has 1 heterocycles. The molecule has 0 saturated carbocycles. The summed E-state index contributed by atoms with van der Waals surface area (Å²) < 4.78 is 18.4. The monoisotopic (exact) mass is 253 g/mol. The minimum Gasteiger partial charge on any atom is -0.494 e. The number of carboxylic acids is 1. The molecule has 0 aromatic heterocycles. The second kappa shape index (κ2) is 4.94. The zero-order valence-corrected chi connectivity index (χ0v) is 10.2. The van der Waals surface area contributed by atoms with E-state index in [4.69, 9.17) is 4.74 Å². The van der Waals surface area contributed by atoms with Crippen molar-refractivity contribution in [3.05, 3.63) is 29.6 Å². The molecule has 1 aliphatic rings. The molecule has 0 radical (unpaired) electrons. The molecule has 18 heavy (non-hydrogen) atoms. The van der Waals surface area contributed by atoms with Crippen LogP contribution in [0.25, 0.3) is 0 Å². The molecule has 0 spiro atoms. The molecule has 1 aliphatic heterocycles. The fourth-order valence-electron chi connectivity index (χ4n) is 2.38. The quantitative estimate of drug-likeness (QED) is 0.855. The summed E-state index contributed by atoms with van der Waals surface area (Å²) in [6, 6.07) is 4.56. The van der Waals surface area contributed by atoms with Gasteiger partial charge in [-0.05, 0) is 37.1 Å². The Morgan fingerprint density at radius 2 is 2.39 bits per heavy atom. The lowest BCUT2D eigenvalue weighted by molar-refractivity contribution is -0.144. The number of carboxylic acid groups (broad SMARTS) is 1. The predicted molar refractivity (Wildman–Crippen MR) is 64.3 cm³/mol. The van der Waals surface area contributed by atoms with Gasteiger partial charge < -0.3 is 15.2 Å². The van der Waals surface area contributed by atoms with Gasteiger partial charge in [-0.3, -0.25) is 4.79 Å². The van der Waals surface area contributed by atoms with E-state index in [1.54, 1.807) is 6.07 Å². The Kier molecular flexibility index (Phi) is 3.52. The molecular weight excluding hydrogens is 237 g/mol. The molecule has 5 heteroatoms. The zero-order chi connectivity index (χ0) is 13.2. The van der Waals surface area contributed by atoms with Crippen LogP contribution in [-0.2, 0) is 11.2 Å². The Hall–Kier alpha value is -1.62. The van der Waals surface area contributed by atoms with Crippen LogP contribution in [0.5, 0.6) is 5.75 Å². The average Bonchev–Trinajstić information content (AvgIpc) is 2.79. The molecule has 4 nitrogen and oxygen atoms in total. The summed E-state index contributed by atoms with van der Waals surface area (Å²) in [7, 11) is 1.40. The van der Waals surface area contributed by atoms with Crippen molar-refractivity contribution in [2.24, 2.45) is 0 Å². The Morgan fingerprint density at radius 1 is 1.61 bits per heavy atom. The van der Waals surface area contributed by atoms with Crippen LogP contribution in [0.2, 0.25) is 0 Å². The molecule has 98 valence electrons. The number of methoxy groups -OCH3 is 1. The summed E-state index contributed by atoms with van der Waals surface area (Å²) in [6.07, 6.45) is 1.67. The Labute approximate surface area is 105 Å². The van der Waals surface area contributed by atoms with Crippen LogP contribution in [0.4, 0.5) is 4.39 Å². The molecule has 1 unspecified atom stereocenters. The Morgan fingerprint density at radius 3 is 2.89 bits per heavy atom. The standard InChI is InChI=1S/C13H16FNO3/c1-18-11-4-3-9(7-10(11)14)8-13(12(16)17)5-2-6-15-13/h3-4,7,15H,2,5-6,8H2,1H3,(H,16,17). The van der Waals surface area contributed by atoms with Gasteiger partial charge in [0.15, 0.2) is 11.6 Å². The largest absolute Gasteiger partial charge is 0.494 e. The van der Waals surface area contributed by atoms with Crippen molar-refractivity contribution in [1.29, 1.82) is 0 Å². The maximum absolute atomic E-state index is 13.6. The van der Waals surface area contributed by atoms with Crippen LogP contribution in [0.15, 0.2) is 18.2 Å². The highest BCUT2D eigenvalue weighted by Gasteiger charge is 2.41. The molecule has 0 aliphatic carbocycles. The van der Waals surface area contributed by atoms with Crippen LogP contribution in [0.3, 0.4) is 0 Å². The minimum absolute atomic E-state index is 0.169. The van der Waals surface area contributed by atoms with Crippen molar-refractivity contribution in [2.45, 2.75) is 24.8 Å². The lowest BCUT2D eigenvalue weighted by Gasteiger charge is -2.24. The van der Waals surface area contributed by atoms with Gasteiger partial charge in [-0.15, -0.1) is 0 Å². The zero-order valence-electron chi connectivity index (χ0n) is 10.2. The third-order valence-electron chi connectivity index (χ3n) is 3.38. The predicted octanol–water partition coefficient (Wildman–Crippen LogP) is 1.58. The number of carbonyl (C=O) groups is 1. The second-order valence-electron chi connectivity index (χ2n) is 4.56. The average molecular weight is 253 g/mol. The first kappa shape index (κ1) is 12.8. The first-order valence-corrected chi connectivity index (χ1v) is 5.88. The van der Waals surface area contributed by atoms with Crippen molar-refractivity contribution in [3.8, 4) is 5.75 Å². The summed E-state index contributed by atoms with van der Waals surface area (Å²) in [4.78, 5) is 11.4. The Bertz CT molecular complexity index is 456. The van der Waals surface area contributed by atoms with Gasteiger partial charge in [0, 0.05) is 6.42 Å². The number of hydrogen-bond acceptors (Lipinski definition) is 3. The molecule has 1 fully saturated rings. The molecular formula is C13H16FNO3. The normalized spacial score (nSPS) is 23.0. The van der Waals surface area contributed by atoms with E-state index in [1.807, 2.05) is 0 Å². The van der Waals surface area contributed by atoms with Gasteiger partial charge in [0.1, 0.15) is 5.54 Å². The summed E-state index contributed by atoms with van der Waals surface area (Å²) in [6.45, 7) is 0.685. The first-order chi connectivity index (χ1) is 8.57. The molecule has 0 bridgehead atoms. The SMILES string of the molecule is COc1ccc(CC2(C(=O)O)CCCN2)cc1F. The molecule has 1 saturated heterocycles. The van der Waals surface area contributed by atoms with Crippen LogP contribution in [-0.4, -0.2) is 30.3 Å². The van der Waals surface area contributed by atoms with E-state index < -0.39 is 17.3 Å². The summed E-state index contributed by atoms with van der Waals surface area (Å²) in [5.74, 6) is -1.17. The third-order valence-corrected chi connectivity index (χ3v) is 3.38. The van der Waals surface area contributed by atoms with Crippen LogP contribution >= 0.6 is 0 Å². The number of ether oxygens (including phenoxy) is 1. The maximum atomic E-state index is 13.6. The molecule has 1 aromatic carbocycles. The number of halogens is 1. The van der Waals surface area contributed by atoms with Crippen LogP contribution in [0, 0.1) is 5.82 Å². The lowest BCUT2D eigenvalue weighted by atomic mass is 9.89. The van der Waals surface area contributed by atoms with Crippen LogP contribution < -0.4 is 10.1 Å². The number of nitrogens with one attached hydrogen (secondary N) is 1. The van der Waals surface area contributed by atoms with Gasteiger partial charge in [-0.2, -0.15) is 0 Å². The molecule has 0 amide bonds. The fourth-order valence-corrected chi connectivity index (χ4v) is 2.38.